The quantitative estimate of drug-likeness (QED) is 0.758. The van der Waals surface area contributed by atoms with Gasteiger partial charge in [0.05, 0.1) is 11.0 Å². The van der Waals surface area contributed by atoms with E-state index in [-0.39, 0.29) is 0 Å². The highest BCUT2D eigenvalue weighted by molar-refractivity contribution is 6.31. The molecule has 0 N–H and O–H groups in total. The molecule has 0 spiro atoms. The fraction of sp³-hybridized carbons (Fsp3) is 0.417. The molecule has 0 fully saturated rings. The van der Waals surface area contributed by atoms with Gasteiger partial charge in [0.2, 0.25) is 0 Å². The summed E-state index contributed by atoms with van der Waals surface area (Å²) in [6.07, 6.45) is 0.784. The van der Waals surface area contributed by atoms with Crippen molar-refractivity contribution in [1.82, 2.24) is 9.55 Å². The molecule has 0 amide bonds. The zero-order valence-electron chi connectivity index (χ0n) is 9.37. The van der Waals surface area contributed by atoms with E-state index in [1.54, 1.807) is 0 Å². The van der Waals surface area contributed by atoms with E-state index >= 15 is 0 Å². The Morgan fingerprint density at radius 1 is 1.38 bits per heavy atom. The number of alkyl halides is 1. The summed E-state index contributed by atoms with van der Waals surface area (Å²) in [6.45, 7) is 4.29. The van der Waals surface area contributed by atoms with Crippen LogP contribution in [-0.2, 0) is 6.42 Å². The monoisotopic (exact) mass is 256 g/mol. The van der Waals surface area contributed by atoms with Gasteiger partial charge in [0.25, 0.3) is 0 Å². The summed E-state index contributed by atoms with van der Waals surface area (Å²) in [4.78, 5) is 4.58. The summed E-state index contributed by atoms with van der Waals surface area (Å²) < 4.78 is 2.22. The van der Waals surface area contributed by atoms with Crippen molar-refractivity contribution in [1.29, 1.82) is 0 Å². The molecule has 4 heteroatoms. The normalized spacial score (nSPS) is 11.6. The van der Waals surface area contributed by atoms with Crippen molar-refractivity contribution in [3.05, 3.63) is 29.0 Å². The number of aryl methyl sites for hydroxylation is 1. The highest BCUT2D eigenvalue weighted by atomic mass is 35.5. The van der Waals surface area contributed by atoms with Crippen LogP contribution in [0.15, 0.2) is 18.2 Å². The van der Waals surface area contributed by atoms with E-state index in [9.17, 15) is 0 Å². The molecule has 0 radical (unpaired) electrons. The number of nitrogens with zero attached hydrogens (tertiary/aromatic N) is 2. The van der Waals surface area contributed by atoms with E-state index in [2.05, 4.69) is 23.4 Å². The molecule has 16 heavy (non-hydrogen) atoms. The van der Waals surface area contributed by atoms with Crippen LogP contribution < -0.4 is 0 Å². The highest BCUT2D eigenvalue weighted by Gasteiger charge is 2.12. The van der Waals surface area contributed by atoms with Gasteiger partial charge in [-0.05, 0) is 32.0 Å². The van der Waals surface area contributed by atoms with Crippen LogP contribution in [0, 0.1) is 0 Å². The second-order valence-corrected chi connectivity index (χ2v) is 4.88. The number of fused-ring (bicyclic) bond motifs is 1. The number of benzene rings is 1. The molecule has 0 aliphatic carbocycles. The Kier molecular flexibility index (Phi) is 3.41. The topological polar surface area (TPSA) is 17.8 Å². The van der Waals surface area contributed by atoms with Gasteiger partial charge in [-0.1, -0.05) is 11.6 Å². The van der Waals surface area contributed by atoms with Gasteiger partial charge in [0.1, 0.15) is 5.82 Å². The fourth-order valence-electron chi connectivity index (χ4n) is 1.96. The van der Waals surface area contributed by atoms with Gasteiger partial charge in [-0.25, -0.2) is 4.98 Å². The van der Waals surface area contributed by atoms with Crippen LogP contribution in [0.3, 0.4) is 0 Å². The van der Waals surface area contributed by atoms with Crippen molar-refractivity contribution >= 4 is 34.2 Å². The Balaban J connectivity index is 2.65. The first kappa shape index (κ1) is 11.7. The number of imidazole rings is 1. The average molecular weight is 257 g/mol. The Labute approximate surface area is 105 Å². The second-order valence-electron chi connectivity index (χ2n) is 4.06. The molecule has 2 aromatic rings. The molecule has 0 aliphatic rings. The molecule has 0 saturated carbocycles. The van der Waals surface area contributed by atoms with E-state index in [1.807, 2.05) is 18.2 Å². The van der Waals surface area contributed by atoms with Crippen LogP contribution in [0.1, 0.15) is 25.7 Å². The largest absolute Gasteiger partial charge is 0.325 e. The first-order valence-corrected chi connectivity index (χ1v) is 6.27. The highest BCUT2D eigenvalue weighted by Crippen LogP contribution is 2.24. The predicted molar refractivity (Wildman–Crippen MR) is 69.6 cm³/mol. The van der Waals surface area contributed by atoms with Crippen molar-refractivity contribution in [2.24, 2.45) is 0 Å². The minimum Gasteiger partial charge on any atom is -0.325 e. The summed E-state index contributed by atoms with van der Waals surface area (Å²) in [5.41, 5.74) is 2.07. The van der Waals surface area contributed by atoms with Gasteiger partial charge < -0.3 is 4.57 Å². The third-order valence-electron chi connectivity index (χ3n) is 2.56. The first-order chi connectivity index (χ1) is 7.63. The van der Waals surface area contributed by atoms with E-state index < -0.39 is 0 Å². The fourth-order valence-corrected chi connectivity index (χ4v) is 2.29. The molecule has 86 valence electrons. The lowest BCUT2D eigenvalue weighted by Crippen LogP contribution is -2.06. The van der Waals surface area contributed by atoms with Gasteiger partial charge in [-0.3, -0.25) is 0 Å². The minimum absolute atomic E-state index is 0.379. The maximum atomic E-state index is 5.96. The summed E-state index contributed by atoms with van der Waals surface area (Å²) >= 11 is 11.8. The van der Waals surface area contributed by atoms with Crippen LogP contribution >= 0.6 is 23.2 Å². The van der Waals surface area contributed by atoms with Gasteiger partial charge in [-0.2, -0.15) is 0 Å². The Morgan fingerprint density at radius 2 is 2.12 bits per heavy atom. The van der Waals surface area contributed by atoms with Gasteiger partial charge in [0.15, 0.2) is 0 Å². The Hall–Kier alpha value is -0.730. The van der Waals surface area contributed by atoms with Crippen LogP contribution in [0.2, 0.25) is 5.02 Å². The molecule has 0 aliphatic heterocycles. The third kappa shape index (κ3) is 2.04. The lowest BCUT2D eigenvalue weighted by Gasteiger charge is -2.12. The van der Waals surface area contributed by atoms with Crippen molar-refractivity contribution < 1.29 is 0 Å². The Bertz CT molecular complexity index is 503. The number of hydrogen-bond acceptors (Lipinski definition) is 1. The van der Waals surface area contributed by atoms with Crippen molar-refractivity contribution in [2.75, 3.05) is 5.88 Å². The van der Waals surface area contributed by atoms with E-state index in [0.29, 0.717) is 11.9 Å². The van der Waals surface area contributed by atoms with Crippen LogP contribution in [0.5, 0.6) is 0 Å². The number of rotatable bonds is 3. The maximum absolute atomic E-state index is 5.96. The SMILES string of the molecule is CC(C)n1c(CCCl)nc2cc(Cl)ccc21. The first-order valence-electron chi connectivity index (χ1n) is 5.36. The van der Waals surface area contributed by atoms with E-state index in [0.717, 1.165) is 28.3 Å². The molecular formula is C12H14Cl2N2. The zero-order valence-corrected chi connectivity index (χ0v) is 10.9. The zero-order chi connectivity index (χ0) is 11.7. The molecule has 1 heterocycles. The molecule has 0 saturated heterocycles. The van der Waals surface area contributed by atoms with Crippen LogP contribution in [0.4, 0.5) is 0 Å². The molecule has 2 rings (SSSR count). The lowest BCUT2D eigenvalue weighted by atomic mass is 10.3. The maximum Gasteiger partial charge on any atom is 0.111 e. The lowest BCUT2D eigenvalue weighted by molar-refractivity contribution is 0.589. The number of aromatic nitrogens is 2. The van der Waals surface area contributed by atoms with Gasteiger partial charge >= 0.3 is 0 Å². The molecular weight excluding hydrogens is 243 g/mol. The van der Waals surface area contributed by atoms with Crippen molar-refractivity contribution in [3.8, 4) is 0 Å². The number of halogens is 2. The minimum atomic E-state index is 0.379. The molecule has 0 unspecified atom stereocenters. The summed E-state index contributed by atoms with van der Waals surface area (Å²) in [5, 5.41) is 0.721. The molecule has 1 aromatic heterocycles. The third-order valence-corrected chi connectivity index (χ3v) is 2.98. The number of hydrogen-bond donors (Lipinski definition) is 0. The van der Waals surface area contributed by atoms with Crippen LogP contribution in [0.25, 0.3) is 11.0 Å². The van der Waals surface area contributed by atoms with Crippen molar-refractivity contribution in [2.45, 2.75) is 26.3 Å². The molecule has 2 nitrogen and oxygen atoms in total. The van der Waals surface area contributed by atoms with E-state index in [1.165, 1.54) is 0 Å². The smallest absolute Gasteiger partial charge is 0.111 e. The molecule has 0 bridgehead atoms. The predicted octanol–water partition coefficient (Wildman–Crippen LogP) is 4.05. The van der Waals surface area contributed by atoms with Gasteiger partial charge in [-0.15, -0.1) is 11.6 Å². The van der Waals surface area contributed by atoms with Crippen LogP contribution in [-0.4, -0.2) is 15.4 Å². The standard InChI is InChI=1S/C12H14Cl2N2/c1-8(2)16-11-4-3-9(14)7-10(11)15-12(16)5-6-13/h3-4,7-8H,5-6H2,1-2H3. The molecule has 1 aromatic carbocycles. The summed E-state index contributed by atoms with van der Waals surface area (Å²) in [5.74, 6) is 1.62. The Morgan fingerprint density at radius 3 is 2.75 bits per heavy atom. The summed E-state index contributed by atoms with van der Waals surface area (Å²) in [6, 6.07) is 6.19. The van der Waals surface area contributed by atoms with Gasteiger partial charge in [0, 0.05) is 23.4 Å². The van der Waals surface area contributed by atoms with E-state index in [4.69, 9.17) is 23.2 Å². The second kappa shape index (κ2) is 4.64. The van der Waals surface area contributed by atoms with Crippen molar-refractivity contribution in [3.63, 3.8) is 0 Å². The summed E-state index contributed by atoms with van der Waals surface area (Å²) in [7, 11) is 0. The average Bonchev–Trinajstić information content (AvgIpc) is 2.55. The molecule has 0 atom stereocenters.